The molecule has 1 fully saturated rings. The monoisotopic (exact) mass is 240 g/mol. The van der Waals surface area contributed by atoms with E-state index in [0.29, 0.717) is 5.56 Å². The van der Waals surface area contributed by atoms with Gasteiger partial charge in [0.1, 0.15) is 12.5 Å². The van der Waals surface area contributed by atoms with Crippen molar-refractivity contribution in [2.75, 3.05) is 0 Å². The van der Waals surface area contributed by atoms with Gasteiger partial charge in [-0.1, -0.05) is 12.1 Å². The molecule has 1 aromatic rings. The maximum Gasteiger partial charge on any atom is 0.303 e. The topological polar surface area (TPSA) is 37.3 Å². The number of hydrogen-bond acceptors (Lipinski definition) is 1. The van der Waals surface area contributed by atoms with Gasteiger partial charge in [0.05, 0.1) is 6.42 Å². The Morgan fingerprint density at radius 1 is 1.47 bits per heavy atom. The lowest BCUT2D eigenvalue weighted by atomic mass is 9.88. The van der Waals surface area contributed by atoms with Crippen LogP contribution in [0.15, 0.2) is 18.2 Å². The second-order valence-electron chi connectivity index (χ2n) is 4.48. The van der Waals surface area contributed by atoms with Crippen LogP contribution in [-0.4, -0.2) is 11.1 Å². The number of hydrogen-bond donors (Lipinski definition) is 1. The summed E-state index contributed by atoms with van der Waals surface area (Å²) in [7, 11) is 0. The van der Waals surface area contributed by atoms with Crippen molar-refractivity contribution < 1.29 is 18.7 Å². The third kappa shape index (κ3) is 2.62. The molecule has 0 amide bonds. The molecule has 2 nitrogen and oxygen atoms in total. The van der Waals surface area contributed by atoms with Gasteiger partial charge in [-0.3, -0.25) is 4.79 Å². The van der Waals surface area contributed by atoms with Crippen LogP contribution in [0.1, 0.15) is 36.3 Å². The van der Waals surface area contributed by atoms with Gasteiger partial charge in [0.15, 0.2) is 0 Å². The summed E-state index contributed by atoms with van der Waals surface area (Å²) >= 11 is 0. The van der Waals surface area contributed by atoms with Crippen LogP contribution in [0.4, 0.5) is 8.78 Å². The summed E-state index contributed by atoms with van der Waals surface area (Å²) < 4.78 is 26.3. The summed E-state index contributed by atoms with van der Waals surface area (Å²) in [5.74, 6) is -1.50. The van der Waals surface area contributed by atoms with Gasteiger partial charge in [-0.15, -0.1) is 0 Å². The number of carboxylic acid groups (broad SMARTS) is 1. The molecule has 1 aliphatic rings. The molecule has 1 aromatic carbocycles. The lowest BCUT2D eigenvalue weighted by Crippen LogP contribution is -2.11. The molecule has 0 bridgehead atoms. The maximum absolute atomic E-state index is 13.4. The number of carbonyl (C=O) groups is 1. The fraction of sp³-hybridized carbons (Fsp3) is 0.462. The van der Waals surface area contributed by atoms with Gasteiger partial charge < -0.3 is 5.11 Å². The van der Waals surface area contributed by atoms with E-state index in [1.807, 2.05) is 0 Å². The number of rotatable bonds is 5. The highest BCUT2D eigenvalue weighted by atomic mass is 19.1. The minimum Gasteiger partial charge on any atom is -0.481 e. The van der Waals surface area contributed by atoms with E-state index in [2.05, 4.69) is 0 Å². The van der Waals surface area contributed by atoms with Gasteiger partial charge in [0.2, 0.25) is 0 Å². The van der Waals surface area contributed by atoms with Crippen LogP contribution in [0.3, 0.4) is 0 Å². The Balaban J connectivity index is 2.34. The van der Waals surface area contributed by atoms with Gasteiger partial charge in [0.25, 0.3) is 0 Å². The minimum absolute atomic E-state index is 0.0191. The molecule has 92 valence electrons. The van der Waals surface area contributed by atoms with Gasteiger partial charge >= 0.3 is 5.97 Å². The van der Waals surface area contributed by atoms with Gasteiger partial charge in [-0.25, -0.2) is 8.78 Å². The molecule has 0 radical (unpaired) electrons. The van der Waals surface area contributed by atoms with Crippen LogP contribution in [0, 0.1) is 11.7 Å². The number of carboxylic acids is 1. The van der Waals surface area contributed by atoms with Crippen LogP contribution >= 0.6 is 0 Å². The van der Waals surface area contributed by atoms with Crippen LogP contribution in [-0.2, 0) is 11.5 Å². The molecule has 0 aromatic heterocycles. The van der Waals surface area contributed by atoms with Crippen LogP contribution in [0.25, 0.3) is 0 Å². The highest BCUT2D eigenvalue weighted by Gasteiger charge is 2.35. The van der Waals surface area contributed by atoms with Crippen LogP contribution in [0.2, 0.25) is 0 Å². The Bertz CT molecular complexity index is 427. The Hall–Kier alpha value is -1.45. The van der Waals surface area contributed by atoms with Crippen LogP contribution < -0.4 is 0 Å². The molecule has 2 rings (SSSR count). The third-order valence-electron chi connectivity index (χ3n) is 3.27. The van der Waals surface area contributed by atoms with E-state index < -0.39 is 18.5 Å². The maximum atomic E-state index is 13.4. The summed E-state index contributed by atoms with van der Waals surface area (Å²) in [6, 6.07) is 4.37. The second-order valence-corrected chi connectivity index (χ2v) is 4.48. The largest absolute Gasteiger partial charge is 0.481 e. The van der Waals surface area contributed by atoms with Crippen LogP contribution in [0.5, 0.6) is 0 Å². The van der Waals surface area contributed by atoms with E-state index in [0.717, 1.165) is 12.8 Å². The van der Waals surface area contributed by atoms with E-state index in [9.17, 15) is 13.6 Å². The lowest BCUT2D eigenvalue weighted by Gasteiger charge is -2.17. The van der Waals surface area contributed by atoms with Crippen molar-refractivity contribution in [3.05, 3.63) is 35.1 Å². The van der Waals surface area contributed by atoms with Crippen molar-refractivity contribution in [3.8, 4) is 0 Å². The first-order valence-corrected chi connectivity index (χ1v) is 5.68. The quantitative estimate of drug-likeness (QED) is 0.857. The Labute approximate surface area is 98.3 Å². The van der Waals surface area contributed by atoms with Crippen molar-refractivity contribution in [3.63, 3.8) is 0 Å². The van der Waals surface area contributed by atoms with E-state index >= 15 is 0 Å². The number of alkyl halides is 1. The molecule has 1 aliphatic carbocycles. The highest BCUT2D eigenvalue weighted by molar-refractivity contribution is 5.68. The molecule has 0 aliphatic heterocycles. The first kappa shape index (κ1) is 12.0. The summed E-state index contributed by atoms with van der Waals surface area (Å²) in [6.45, 7) is -0.884. The van der Waals surface area contributed by atoms with Gasteiger partial charge in [0, 0.05) is 5.56 Å². The molecule has 4 heteroatoms. The SMILES string of the molecule is O=C(O)CC(c1cccc(F)c1CF)C1CC1. The zero-order valence-electron chi connectivity index (χ0n) is 9.33. The lowest BCUT2D eigenvalue weighted by molar-refractivity contribution is -0.137. The van der Waals surface area contributed by atoms with E-state index in [1.54, 1.807) is 6.07 Å². The highest BCUT2D eigenvalue weighted by Crippen LogP contribution is 2.45. The molecule has 1 N–H and O–H groups in total. The Morgan fingerprint density at radius 3 is 2.71 bits per heavy atom. The summed E-state index contributed by atoms with van der Waals surface area (Å²) in [6.07, 6.45) is 1.83. The molecule has 0 saturated heterocycles. The average Bonchev–Trinajstić information content (AvgIpc) is 3.09. The summed E-state index contributed by atoms with van der Waals surface area (Å²) in [5.41, 5.74) is 0.544. The van der Waals surface area contributed by atoms with E-state index in [1.165, 1.54) is 12.1 Å². The first-order chi connectivity index (χ1) is 8.13. The van der Waals surface area contributed by atoms with Crippen molar-refractivity contribution in [2.45, 2.75) is 31.9 Å². The average molecular weight is 240 g/mol. The van der Waals surface area contributed by atoms with Gasteiger partial charge in [-0.2, -0.15) is 0 Å². The van der Waals surface area contributed by atoms with Crippen molar-refractivity contribution in [2.24, 2.45) is 5.92 Å². The number of halogens is 2. The fourth-order valence-electron chi connectivity index (χ4n) is 2.28. The van der Waals surface area contributed by atoms with Crippen molar-refractivity contribution in [1.82, 2.24) is 0 Å². The molecular weight excluding hydrogens is 226 g/mol. The smallest absolute Gasteiger partial charge is 0.303 e. The zero-order chi connectivity index (χ0) is 12.4. The van der Waals surface area contributed by atoms with Crippen molar-refractivity contribution >= 4 is 5.97 Å². The predicted molar refractivity (Wildman–Crippen MR) is 58.9 cm³/mol. The minimum atomic E-state index is -0.920. The second kappa shape index (κ2) is 4.82. The Morgan fingerprint density at radius 2 is 2.18 bits per heavy atom. The molecule has 0 spiro atoms. The van der Waals surface area contributed by atoms with E-state index in [-0.39, 0.29) is 23.8 Å². The zero-order valence-corrected chi connectivity index (χ0v) is 9.33. The van der Waals surface area contributed by atoms with E-state index in [4.69, 9.17) is 5.11 Å². The van der Waals surface area contributed by atoms with Gasteiger partial charge in [-0.05, 0) is 36.3 Å². The van der Waals surface area contributed by atoms with Crippen molar-refractivity contribution in [1.29, 1.82) is 0 Å². The Kier molecular flexibility index (Phi) is 3.41. The normalized spacial score (nSPS) is 16.8. The molecular formula is C13H14F2O2. The summed E-state index contributed by atoms with van der Waals surface area (Å²) in [4.78, 5) is 10.8. The number of aliphatic carboxylic acids is 1. The first-order valence-electron chi connectivity index (χ1n) is 5.68. The number of benzene rings is 1. The fourth-order valence-corrected chi connectivity index (χ4v) is 2.28. The standard InChI is InChI=1S/C13H14F2O2/c14-7-11-9(2-1-3-12(11)15)10(6-13(16)17)8-4-5-8/h1-3,8,10H,4-7H2,(H,16,17). The molecule has 1 saturated carbocycles. The third-order valence-corrected chi connectivity index (χ3v) is 3.27. The molecule has 0 heterocycles. The summed E-state index contributed by atoms with van der Waals surface area (Å²) in [5, 5.41) is 8.87. The predicted octanol–water partition coefficient (Wildman–Crippen LogP) is 3.26. The molecule has 1 unspecified atom stereocenters. The molecule has 17 heavy (non-hydrogen) atoms. The molecule has 1 atom stereocenters.